The van der Waals surface area contributed by atoms with Crippen LogP contribution in [0.2, 0.25) is 0 Å². The maximum Gasteiger partial charge on any atom is 0.251 e. The van der Waals surface area contributed by atoms with Crippen molar-refractivity contribution in [2.24, 2.45) is 0 Å². The lowest BCUT2D eigenvalue weighted by atomic mass is 10.0. The Labute approximate surface area is 214 Å². The minimum atomic E-state index is -0.801. The summed E-state index contributed by atoms with van der Waals surface area (Å²) < 4.78 is 5.67. The highest BCUT2D eigenvalue weighted by Crippen LogP contribution is 2.26. The zero-order valence-corrected chi connectivity index (χ0v) is 20.8. The molecule has 0 saturated carbocycles. The summed E-state index contributed by atoms with van der Waals surface area (Å²) in [6.07, 6.45) is 2.36. The van der Waals surface area contributed by atoms with E-state index in [9.17, 15) is 9.59 Å². The van der Waals surface area contributed by atoms with Gasteiger partial charge >= 0.3 is 0 Å². The smallest absolute Gasteiger partial charge is 0.251 e. The standard InChI is InChI=1S/C28H28N4O3S/c1-2-3-18-35-23-16-14-21(15-17-23)25(33)29-24(19-20-10-6-4-7-11-20)26(34)30-28-32-31-27(36-28)22-12-8-5-9-13-22/h4-17,24H,2-3,18-19H2,1H3,(H,29,33)(H,30,32,34). The number of nitrogens with one attached hydrogen (secondary N) is 2. The largest absolute Gasteiger partial charge is 0.494 e. The summed E-state index contributed by atoms with van der Waals surface area (Å²) in [6.45, 7) is 2.74. The Morgan fingerprint density at radius 3 is 2.31 bits per heavy atom. The quantitative estimate of drug-likeness (QED) is 0.270. The molecule has 1 atom stereocenters. The van der Waals surface area contributed by atoms with E-state index in [0.717, 1.165) is 24.0 Å². The number of nitrogens with zero attached hydrogens (tertiary/aromatic N) is 2. The fourth-order valence-electron chi connectivity index (χ4n) is 3.50. The second kappa shape index (κ2) is 12.6. The van der Waals surface area contributed by atoms with E-state index in [0.29, 0.717) is 34.5 Å². The van der Waals surface area contributed by atoms with Crippen LogP contribution < -0.4 is 15.4 Å². The topological polar surface area (TPSA) is 93.2 Å². The molecule has 8 heteroatoms. The minimum Gasteiger partial charge on any atom is -0.494 e. The maximum atomic E-state index is 13.2. The summed E-state index contributed by atoms with van der Waals surface area (Å²) in [7, 11) is 0. The molecule has 0 fully saturated rings. The van der Waals surface area contributed by atoms with Crippen LogP contribution in [0.5, 0.6) is 5.75 Å². The van der Waals surface area contributed by atoms with Gasteiger partial charge in [-0.05, 0) is 36.2 Å². The highest BCUT2D eigenvalue weighted by Gasteiger charge is 2.23. The van der Waals surface area contributed by atoms with Gasteiger partial charge in [-0.3, -0.25) is 14.9 Å². The molecule has 184 valence electrons. The molecule has 1 heterocycles. The predicted octanol–water partition coefficient (Wildman–Crippen LogP) is 5.36. The molecule has 0 saturated heterocycles. The second-order valence-corrected chi connectivity index (χ2v) is 9.19. The highest BCUT2D eigenvalue weighted by atomic mass is 32.1. The van der Waals surface area contributed by atoms with E-state index in [1.165, 1.54) is 11.3 Å². The van der Waals surface area contributed by atoms with Crippen LogP contribution in [0.25, 0.3) is 10.6 Å². The van der Waals surface area contributed by atoms with Gasteiger partial charge in [0.25, 0.3) is 5.91 Å². The first-order valence-corrected chi connectivity index (χ1v) is 12.7. The Balaban J connectivity index is 1.45. The van der Waals surface area contributed by atoms with E-state index in [-0.39, 0.29) is 11.8 Å². The fraction of sp³-hybridized carbons (Fsp3) is 0.214. The van der Waals surface area contributed by atoms with E-state index in [4.69, 9.17) is 4.74 Å². The normalized spacial score (nSPS) is 11.5. The number of aromatic nitrogens is 2. The van der Waals surface area contributed by atoms with Crippen LogP contribution in [0.3, 0.4) is 0 Å². The number of anilines is 1. The molecule has 0 bridgehead atoms. The first kappa shape index (κ1) is 25.1. The first-order valence-electron chi connectivity index (χ1n) is 11.9. The average Bonchev–Trinajstić information content (AvgIpc) is 3.38. The molecule has 36 heavy (non-hydrogen) atoms. The molecule has 0 aliphatic heterocycles. The summed E-state index contributed by atoms with van der Waals surface area (Å²) in [5.74, 6) is 0.0139. The number of amides is 2. The van der Waals surface area contributed by atoms with Crippen LogP contribution in [0.4, 0.5) is 5.13 Å². The van der Waals surface area contributed by atoms with Crippen LogP contribution in [-0.4, -0.2) is 34.7 Å². The van der Waals surface area contributed by atoms with Gasteiger partial charge in [0.15, 0.2) is 0 Å². The van der Waals surface area contributed by atoms with Gasteiger partial charge in [0.1, 0.15) is 16.8 Å². The first-order chi connectivity index (χ1) is 17.6. The van der Waals surface area contributed by atoms with Crippen molar-refractivity contribution in [2.45, 2.75) is 32.2 Å². The summed E-state index contributed by atoms with van der Waals surface area (Å²) >= 11 is 1.28. The predicted molar refractivity (Wildman–Crippen MR) is 142 cm³/mol. The van der Waals surface area contributed by atoms with Crippen LogP contribution in [0, 0.1) is 0 Å². The van der Waals surface area contributed by atoms with Crippen LogP contribution in [0.1, 0.15) is 35.7 Å². The monoisotopic (exact) mass is 500 g/mol. The van der Waals surface area contributed by atoms with E-state index in [1.807, 2.05) is 60.7 Å². The van der Waals surface area contributed by atoms with Crippen molar-refractivity contribution < 1.29 is 14.3 Å². The molecule has 1 aromatic heterocycles. The average molecular weight is 501 g/mol. The highest BCUT2D eigenvalue weighted by molar-refractivity contribution is 7.18. The van der Waals surface area contributed by atoms with Crippen LogP contribution in [-0.2, 0) is 11.2 Å². The van der Waals surface area contributed by atoms with Gasteiger partial charge in [0, 0.05) is 17.5 Å². The molecule has 0 radical (unpaired) electrons. The Morgan fingerprint density at radius 2 is 1.61 bits per heavy atom. The van der Waals surface area contributed by atoms with E-state index >= 15 is 0 Å². The van der Waals surface area contributed by atoms with Crippen molar-refractivity contribution in [1.29, 1.82) is 0 Å². The number of benzene rings is 3. The van der Waals surface area contributed by atoms with Gasteiger partial charge in [0.05, 0.1) is 6.61 Å². The van der Waals surface area contributed by atoms with Crippen LogP contribution >= 0.6 is 11.3 Å². The molecule has 2 N–H and O–H groups in total. The minimum absolute atomic E-state index is 0.334. The number of hydrogen-bond acceptors (Lipinski definition) is 6. The van der Waals surface area contributed by atoms with Gasteiger partial charge in [-0.1, -0.05) is 85.3 Å². The fourth-order valence-corrected chi connectivity index (χ4v) is 4.25. The zero-order valence-electron chi connectivity index (χ0n) is 20.0. The molecule has 1 unspecified atom stereocenters. The second-order valence-electron chi connectivity index (χ2n) is 8.21. The van der Waals surface area contributed by atoms with Crippen molar-refractivity contribution in [1.82, 2.24) is 15.5 Å². The lowest BCUT2D eigenvalue weighted by Gasteiger charge is -2.18. The molecule has 0 aliphatic carbocycles. The number of ether oxygens (including phenoxy) is 1. The Bertz CT molecular complexity index is 1260. The Kier molecular flexibility index (Phi) is 8.77. The van der Waals surface area contributed by atoms with Crippen molar-refractivity contribution in [3.05, 3.63) is 96.1 Å². The molecule has 4 aromatic rings. The third-order valence-corrected chi connectivity index (χ3v) is 6.35. The van der Waals surface area contributed by atoms with Crippen molar-refractivity contribution in [3.8, 4) is 16.3 Å². The number of unbranched alkanes of at least 4 members (excludes halogenated alkanes) is 1. The summed E-state index contributed by atoms with van der Waals surface area (Å²) in [6, 6.07) is 25.3. The van der Waals surface area contributed by atoms with Crippen molar-refractivity contribution in [3.63, 3.8) is 0 Å². The van der Waals surface area contributed by atoms with E-state index in [2.05, 4.69) is 27.8 Å². The SMILES string of the molecule is CCCCOc1ccc(C(=O)NC(Cc2ccccc2)C(=O)Nc2nnc(-c3ccccc3)s2)cc1. The van der Waals surface area contributed by atoms with E-state index < -0.39 is 6.04 Å². The zero-order chi connectivity index (χ0) is 25.2. The number of hydrogen-bond donors (Lipinski definition) is 2. The van der Waals surface area contributed by atoms with E-state index in [1.54, 1.807) is 24.3 Å². The molecule has 0 spiro atoms. The molecule has 2 amide bonds. The van der Waals surface area contributed by atoms with Gasteiger partial charge in [-0.25, -0.2) is 0 Å². The third-order valence-electron chi connectivity index (χ3n) is 5.46. The van der Waals surface area contributed by atoms with Gasteiger partial charge in [-0.2, -0.15) is 0 Å². The molecule has 3 aromatic carbocycles. The van der Waals surface area contributed by atoms with Crippen molar-refractivity contribution in [2.75, 3.05) is 11.9 Å². The Hall–Kier alpha value is -4.04. The number of carbonyl (C=O) groups excluding carboxylic acids is 2. The lowest BCUT2D eigenvalue weighted by Crippen LogP contribution is -2.45. The van der Waals surface area contributed by atoms with Gasteiger partial charge < -0.3 is 10.1 Å². The molecule has 0 aliphatic rings. The van der Waals surface area contributed by atoms with Crippen molar-refractivity contribution >= 4 is 28.3 Å². The van der Waals surface area contributed by atoms with Gasteiger partial charge in [-0.15, -0.1) is 10.2 Å². The van der Waals surface area contributed by atoms with Crippen LogP contribution in [0.15, 0.2) is 84.9 Å². The molecule has 4 rings (SSSR count). The molecule has 7 nitrogen and oxygen atoms in total. The summed E-state index contributed by atoms with van der Waals surface area (Å²) in [5, 5.41) is 15.1. The summed E-state index contributed by atoms with van der Waals surface area (Å²) in [5.41, 5.74) is 2.30. The number of carbonyl (C=O) groups is 2. The molecular formula is C28H28N4O3S. The Morgan fingerprint density at radius 1 is 0.917 bits per heavy atom. The van der Waals surface area contributed by atoms with Gasteiger partial charge in [0.2, 0.25) is 11.0 Å². The number of rotatable bonds is 11. The third kappa shape index (κ3) is 6.99. The molecular weight excluding hydrogens is 472 g/mol. The maximum absolute atomic E-state index is 13.2. The lowest BCUT2D eigenvalue weighted by molar-refractivity contribution is -0.118. The summed E-state index contributed by atoms with van der Waals surface area (Å²) in [4.78, 5) is 26.2.